The molecule has 14 heavy (non-hydrogen) atoms. The molecule has 0 spiro atoms. The summed E-state index contributed by atoms with van der Waals surface area (Å²) in [5, 5.41) is 0. The summed E-state index contributed by atoms with van der Waals surface area (Å²) in [7, 11) is 0. The van der Waals surface area contributed by atoms with Crippen LogP contribution in [0.5, 0.6) is 0 Å². The van der Waals surface area contributed by atoms with Gasteiger partial charge in [0.25, 0.3) is 0 Å². The minimum atomic E-state index is -0.0953. The van der Waals surface area contributed by atoms with Crippen molar-refractivity contribution in [3.63, 3.8) is 0 Å². The van der Waals surface area contributed by atoms with E-state index in [9.17, 15) is 4.79 Å². The molecule has 1 atom stereocenters. The van der Waals surface area contributed by atoms with Gasteiger partial charge in [0, 0.05) is 25.2 Å². The van der Waals surface area contributed by atoms with Crippen LogP contribution in [0.2, 0.25) is 0 Å². The molecule has 2 rings (SSSR count). The lowest BCUT2D eigenvalue weighted by atomic mass is 10.3. The van der Waals surface area contributed by atoms with Gasteiger partial charge in [-0.25, -0.2) is 4.98 Å². The molecule has 2 heterocycles. The Labute approximate surface area is 81.7 Å². The quantitative estimate of drug-likeness (QED) is 0.641. The minimum Gasteiger partial charge on any atom is -0.382 e. The Morgan fingerprint density at radius 1 is 1.57 bits per heavy atom. The van der Waals surface area contributed by atoms with Gasteiger partial charge in [-0.05, 0) is 12.1 Å². The van der Waals surface area contributed by atoms with Crippen molar-refractivity contribution in [2.24, 2.45) is 5.73 Å². The number of nitrogen functional groups attached to an aromatic ring is 1. The molecule has 0 radical (unpaired) electrons. The highest BCUT2D eigenvalue weighted by Crippen LogP contribution is 2.24. The molecule has 0 bridgehead atoms. The van der Waals surface area contributed by atoms with Crippen molar-refractivity contribution >= 4 is 17.4 Å². The molecule has 0 saturated carbocycles. The Balaban J connectivity index is 2.32. The summed E-state index contributed by atoms with van der Waals surface area (Å²) >= 11 is 0. The third-order valence-electron chi connectivity index (χ3n) is 2.26. The number of aromatic nitrogens is 1. The molecule has 5 nitrogen and oxygen atoms in total. The van der Waals surface area contributed by atoms with Gasteiger partial charge in [-0.1, -0.05) is 0 Å². The first-order valence-electron chi connectivity index (χ1n) is 4.45. The van der Waals surface area contributed by atoms with Gasteiger partial charge < -0.3 is 16.4 Å². The van der Waals surface area contributed by atoms with Crippen molar-refractivity contribution in [1.82, 2.24) is 4.98 Å². The maximum absolute atomic E-state index is 11.5. The van der Waals surface area contributed by atoms with Crippen LogP contribution in [0.4, 0.5) is 11.5 Å². The molecule has 5 heteroatoms. The molecule has 1 aromatic rings. The zero-order valence-electron chi connectivity index (χ0n) is 7.68. The molecule has 0 aromatic carbocycles. The number of hydrogen-bond donors (Lipinski definition) is 2. The van der Waals surface area contributed by atoms with E-state index in [2.05, 4.69) is 4.98 Å². The van der Waals surface area contributed by atoms with E-state index >= 15 is 0 Å². The lowest BCUT2D eigenvalue weighted by molar-refractivity contribution is -0.117. The molecule has 74 valence electrons. The maximum Gasteiger partial charge on any atom is 0.228 e. The van der Waals surface area contributed by atoms with Crippen LogP contribution in [-0.4, -0.2) is 23.5 Å². The van der Waals surface area contributed by atoms with E-state index in [1.807, 2.05) is 0 Å². The number of carbonyl (C=O) groups excluding carboxylic acids is 1. The molecular formula is C9H12N4O. The Morgan fingerprint density at radius 3 is 2.93 bits per heavy atom. The second kappa shape index (κ2) is 3.26. The number of amides is 1. The highest BCUT2D eigenvalue weighted by atomic mass is 16.2. The van der Waals surface area contributed by atoms with Gasteiger partial charge in [0.15, 0.2) is 0 Å². The number of anilines is 2. The number of rotatable bonds is 1. The molecule has 4 N–H and O–H groups in total. The third kappa shape index (κ3) is 1.42. The fraction of sp³-hybridized carbons (Fsp3) is 0.333. The van der Waals surface area contributed by atoms with E-state index in [0.717, 1.165) is 0 Å². The second-order valence-corrected chi connectivity index (χ2v) is 3.38. The van der Waals surface area contributed by atoms with E-state index in [1.54, 1.807) is 23.2 Å². The fourth-order valence-corrected chi connectivity index (χ4v) is 1.61. The summed E-state index contributed by atoms with van der Waals surface area (Å²) in [5.41, 5.74) is 12.0. The average Bonchev–Trinajstić information content (AvgIpc) is 2.46. The van der Waals surface area contributed by atoms with E-state index in [-0.39, 0.29) is 11.9 Å². The van der Waals surface area contributed by atoms with Crippen molar-refractivity contribution in [2.75, 3.05) is 17.2 Å². The second-order valence-electron chi connectivity index (χ2n) is 3.38. The standard InChI is InChI=1S/C9H12N4O/c10-6-4-8(14)13(5-6)7-2-1-3-12-9(7)11/h1-3,6H,4-5,10H2,(H2,11,12). The van der Waals surface area contributed by atoms with Crippen molar-refractivity contribution in [2.45, 2.75) is 12.5 Å². The van der Waals surface area contributed by atoms with Gasteiger partial charge in [0.2, 0.25) is 5.91 Å². The first kappa shape index (κ1) is 8.96. The first-order valence-corrected chi connectivity index (χ1v) is 4.45. The molecule has 1 saturated heterocycles. The third-order valence-corrected chi connectivity index (χ3v) is 2.26. The number of carbonyl (C=O) groups is 1. The molecular weight excluding hydrogens is 180 g/mol. The van der Waals surface area contributed by atoms with Gasteiger partial charge in [0.05, 0.1) is 5.69 Å². The molecule has 1 unspecified atom stereocenters. The number of hydrogen-bond acceptors (Lipinski definition) is 4. The molecule has 1 aromatic heterocycles. The van der Waals surface area contributed by atoms with Crippen LogP contribution in [0.25, 0.3) is 0 Å². The fourth-order valence-electron chi connectivity index (χ4n) is 1.61. The Bertz CT molecular complexity index is 366. The minimum absolute atomic E-state index is 0.0113. The van der Waals surface area contributed by atoms with Crippen LogP contribution < -0.4 is 16.4 Å². The molecule has 1 fully saturated rings. The maximum atomic E-state index is 11.5. The highest BCUT2D eigenvalue weighted by molar-refractivity contribution is 5.98. The predicted octanol–water partition coefficient (Wildman–Crippen LogP) is -0.272. The van der Waals surface area contributed by atoms with E-state index < -0.39 is 0 Å². The summed E-state index contributed by atoms with van der Waals surface area (Å²) in [5.74, 6) is 0.382. The van der Waals surface area contributed by atoms with Gasteiger partial charge in [0.1, 0.15) is 5.82 Å². The monoisotopic (exact) mass is 192 g/mol. The van der Waals surface area contributed by atoms with E-state index in [1.165, 1.54) is 0 Å². The SMILES string of the molecule is Nc1ncccc1N1CC(N)CC1=O. The van der Waals surface area contributed by atoms with Crippen LogP contribution in [0.15, 0.2) is 18.3 Å². The predicted molar refractivity (Wildman–Crippen MR) is 53.6 cm³/mol. The average molecular weight is 192 g/mol. The summed E-state index contributed by atoms with van der Waals surface area (Å²) in [6, 6.07) is 3.43. The Kier molecular flexibility index (Phi) is 2.09. The zero-order chi connectivity index (χ0) is 10.1. The normalized spacial score (nSPS) is 21.6. The van der Waals surface area contributed by atoms with Crippen LogP contribution in [0.3, 0.4) is 0 Å². The van der Waals surface area contributed by atoms with Gasteiger partial charge in [-0.3, -0.25) is 4.79 Å². The van der Waals surface area contributed by atoms with Crippen LogP contribution in [-0.2, 0) is 4.79 Å². The molecule has 1 amide bonds. The summed E-state index contributed by atoms with van der Waals surface area (Å²) in [6.45, 7) is 0.523. The van der Waals surface area contributed by atoms with Crippen molar-refractivity contribution in [3.8, 4) is 0 Å². The zero-order valence-corrected chi connectivity index (χ0v) is 7.68. The Morgan fingerprint density at radius 2 is 2.36 bits per heavy atom. The summed E-state index contributed by atoms with van der Waals surface area (Å²) in [4.78, 5) is 17.0. The number of nitrogens with zero attached hydrogens (tertiary/aromatic N) is 2. The summed E-state index contributed by atoms with van der Waals surface area (Å²) < 4.78 is 0. The number of nitrogens with two attached hydrogens (primary N) is 2. The van der Waals surface area contributed by atoms with Gasteiger partial charge in [-0.2, -0.15) is 0 Å². The molecule has 1 aliphatic heterocycles. The van der Waals surface area contributed by atoms with E-state index in [4.69, 9.17) is 11.5 Å². The first-order chi connectivity index (χ1) is 6.68. The van der Waals surface area contributed by atoms with Gasteiger partial charge >= 0.3 is 0 Å². The summed E-state index contributed by atoms with van der Waals surface area (Å²) in [6.07, 6.45) is 1.98. The lowest BCUT2D eigenvalue weighted by Crippen LogP contribution is -2.28. The molecule has 1 aliphatic rings. The van der Waals surface area contributed by atoms with Crippen molar-refractivity contribution in [1.29, 1.82) is 0 Å². The largest absolute Gasteiger partial charge is 0.382 e. The Hall–Kier alpha value is -1.62. The van der Waals surface area contributed by atoms with Gasteiger partial charge in [-0.15, -0.1) is 0 Å². The van der Waals surface area contributed by atoms with E-state index in [0.29, 0.717) is 24.5 Å². The smallest absolute Gasteiger partial charge is 0.228 e. The van der Waals surface area contributed by atoms with Crippen LogP contribution in [0.1, 0.15) is 6.42 Å². The van der Waals surface area contributed by atoms with Crippen molar-refractivity contribution in [3.05, 3.63) is 18.3 Å². The van der Waals surface area contributed by atoms with Crippen LogP contribution >= 0.6 is 0 Å². The van der Waals surface area contributed by atoms with Crippen molar-refractivity contribution < 1.29 is 4.79 Å². The topological polar surface area (TPSA) is 85.2 Å². The van der Waals surface area contributed by atoms with Crippen LogP contribution in [0, 0.1) is 0 Å². The number of pyridine rings is 1. The highest BCUT2D eigenvalue weighted by Gasteiger charge is 2.29. The lowest BCUT2D eigenvalue weighted by Gasteiger charge is -2.16. The molecule has 0 aliphatic carbocycles.